The van der Waals surface area contributed by atoms with Gasteiger partial charge in [0, 0.05) is 31.7 Å². The fourth-order valence-electron chi connectivity index (χ4n) is 3.14. The summed E-state index contributed by atoms with van der Waals surface area (Å²) in [5.74, 6) is 1.25. The highest BCUT2D eigenvalue weighted by atomic mass is 16.5. The number of aryl methyl sites for hydroxylation is 2. The molecule has 0 aliphatic carbocycles. The highest BCUT2D eigenvalue weighted by molar-refractivity contribution is 5.94. The van der Waals surface area contributed by atoms with Crippen LogP contribution in [-0.2, 0) is 4.79 Å². The number of hydrogen-bond acceptors (Lipinski definition) is 4. The summed E-state index contributed by atoms with van der Waals surface area (Å²) in [4.78, 5) is 28.6. The van der Waals surface area contributed by atoms with Gasteiger partial charge in [0.2, 0.25) is 0 Å². The molecule has 0 unspecified atom stereocenters. The van der Waals surface area contributed by atoms with E-state index in [1.165, 1.54) is 5.56 Å². The molecule has 0 bridgehead atoms. The lowest BCUT2D eigenvalue weighted by Crippen LogP contribution is -2.51. The molecule has 1 heterocycles. The average Bonchev–Trinajstić information content (AvgIpc) is 2.74. The molecule has 6 heteroatoms. The molecule has 2 aromatic rings. The van der Waals surface area contributed by atoms with E-state index in [9.17, 15) is 9.59 Å². The maximum Gasteiger partial charge on any atom is 0.260 e. The van der Waals surface area contributed by atoms with Gasteiger partial charge in [0.1, 0.15) is 11.5 Å². The molecule has 28 heavy (non-hydrogen) atoms. The van der Waals surface area contributed by atoms with Crippen molar-refractivity contribution in [2.45, 2.75) is 13.8 Å². The Labute approximate surface area is 165 Å². The largest absolute Gasteiger partial charge is 0.497 e. The minimum atomic E-state index is -0.0632. The Morgan fingerprint density at radius 3 is 2.29 bits per heavy atom. The van der Waals surface area contributed by atoms with E-state index in [0.717, 1.165) is 5.56 Å². The van der Waals surface area contributed by atoms with Crippen molar-refractivity contribution < 1.29 is 19.1 Å². The average molecular weight is 382 g/mol. The van der Waals surface area contributed by atoms with E-state index >= 15 is 0 Å². The minimum absolute atomic E-state index is 0.00628. The molecule has 1 fully saturated rings. The van der Waals surface area contributed by atoms with Crippen molar-refractivity contribution in [3.8, 4) is 11.5 Å². The minimum Gasteiger partial charge on any atom is -0.497 e. The van der Waals surface area contributed by atoms with Crippen LogP contribution >= 0.6 is 0 Å². The molecule has 148 valence electrons. The first-order chi connectivity index (χ1) is 13.5. The van der Waals surface area contributed by atoms with Crippen molar-refractivity contribution in [2.24, 2.45) is 0 Å². The van der Waals surface area contributed by atoms with Crippen LogP contribution in [0.3, 0.4) is 0 Å². The molecule has 0 spiro atoms. The normalized spacial score (nSPS) is 14.0. The van der Waals surface area contributed by atoms with Gasteiger partial charge in [-0.15, -0.1) is 0 Å². The Kier molecular flexibility index (Phi) is 6.19. The van der Waals surface area contributed by atoms with Crippen molar-refractivity contribution >= 4 is 11.8 Å². The first kappa shape index (κ1) is 19.7. The predicted octanol–water partition coefficient (Wildman–Crippen LogP) is 2.68. The summed E-state index contributed by atoms with van der Waals surface area (Å²) in [5, 5.41) is 0. The van der Waals surface area contributed by atoms with Crippen molar-refractivity contribution in [3.63, 3.8) is 0 Å². The van der Waals surface area contributed by atoms with Crippen molar-refractivity contribution in [1.82, 2.24) is 9.80 Å². The molecular formula is C22H26N2O4. The highest BCUT2D eigenvalue weighted by Crippen LogP contribution is 2.17. The third-order valence-electron chi connectivity index (χ3n) is 5.08. The van der Waals surface area contributed by atoms with Crippen molar-refractivity contribution in [3.05, 3.63) is 59.2 Å². The molecule has 1 aliphatic rings. The zero-order chi connectivity index (χ0) is 20.1. The zero-order valence-electron chi connectivity index (χ0n) is 16.6. The van der Waals surface area contributed by atoms with E-state index in [-0.39, 0.29) is 18.4 Å². The van der Waals surface area contributed by atoms with Crippen molar-refractivity contribution in [2.75, 3.05) is 39.9 Å². The van der Waals surface area contributed by atoms with Gasteiger partial charge in [-0.3, -0.25) is 9.59 Å². The Morgan fingerprint density at radius 1 is 0.893 bits per heavy atom. The second kappa shape index (κ2) is 8.78. The van der Waals surface area contributed by atoms with E-state index in [2.05, 4.69) is 0 Å². The number of carbonyl (C=O) groups is 2. The first-order valence-corrected chi connectivity index (χ1v) is 9.39. The second-order valence-electron chi connectivity index (χ2n) is 6.94. The maximum absolute atomic E-state index is 12.7. The van der Waals surface area contributed by atoms with Gasteiger partial charge in [-0.05, 0) is 55.3 Å². The Bertz CT molecular complexity index is 857. The van der Waals surface area contributed by atoms with Crippen LogP contribution in [0.5, 0.6) is 11.5 Å². The van der Waals surface area contributed by atoms with E-state index in [0.29, 0.717) is 43.2 Å². The lowest BCUT2D eigenvalue weighted by Gasteiger charge is -2.34. The molecule has 2 amide bonds. The topological polar surface area (TPSA) is 59.1 Å². The molecule has 2 aromatic carbocycles. The predicted molar refractivity (Wildman–Crippen MR) is 107 cm³/mol. The van der Waals surface area contributed by atoms with Crippen LogP contribution in [0.15, 0.2) is 42.5 Å². The highest BCUT2D eigenvalue weighted by Gasteiger charge is 2.25. The summed E-state index contributed by atoms with van der Waals surface area (Å²) in [7, 11) is 1.58. The van der Waals surface area contributed by atoms with E-state index < -0.39 is 0 Å². The monoisotopic (exact) mass is 382 g/mol. The number of amides is 2. The number of carbonyl (C=O) groups excluding carboxylic acids is 2. The van der Waals surface area contributed by atoms with Crippen LogP contribution in [-0.4, -0.2) is 61.5 Å². The van der Waals surface area contributed by atoms with Gasteiger partial charge in [-0.2, -0.15) is 0 Å². The lowest BCUT2D eigenvalue weighted by atomic mass is 10.1. The number of methoxy groups -OCH3 is 1. The summed E-state index contributed by atoms with van der Waals surface area (Å²) in [6.07, 6.45) is 0. The molecular weight excluding hydrogens is 356 g/mol. The first-order valence-electron chi connectivity index (χ1n) is 9.39. The van der Waals surface area contributed by atoms with Gasteiger partial charge in [-0.25, -0.2) is 0 Å². The van der Waals surface area contributed by atoms with Gasteiger partial charge in [0.25, 0.3) is 11.8 Å². The lowest BCUT2D eigenvalue weighted by molar-refractivity contribution is -0.134. The molecule has 0 saturated carbocycles. The molecule has 3 rings (SSSR count). The fraction of sp³-hybridized carbons (Fsp3) is 0.364. The van der Waals surface area contributed by atoms with Crippen LogP contribution in [0.2, 0.25) is 0 Å². The summed E-state index contributed by atoms with van der Waals surface area (Å²) >= 11 is 0. The van der Waals surface area contributed by atoms with Crippen LogP contribution in [0.1, 0.15) is 21.5 Å². The summed E-state index contributed by atoms with van der Waals surface area (Å²) in [6, 6.07) is 12.9. The smallest absolute Gasteiger partial charge is 0.260 e. The van der Waals surface area contributed by atoms with E-state index in [1.54, 1.807) is 35.1 Å². The van der Waals surface area contributed by atoms with E-state index in [1.807, 2.05) is 38.1 Å². The van der Waals surface area contributed by atoms with Gasteiger partial charge >= 0.3 is 0 Å². The molecule has 0 atom stereocenters. The van der Waals surface area contributed by atoms with Gasteiger partial charge in [-0.1, -0.05) is 12.1 Å². The summed E-state index contributed by atoms with van der Waals surface area (Å²) in [5.41, 5.74) is 2.92. The van der Waals surface area contributed by atoms with Crippen LogP contribution in [0.25, 0.3) is 0 Å². The number of nitrogens with zero attached hydrogens (tertiary/aromatic N) is 2. The third kappa shape index (κ3) is 4.63. The second-order valence-corrected chi connectivity index (χ2v) is 6.94. The third-order valence-corrected chi connectivity index (χ3v) is 5.08. The standard InChI is InChI=1S/C22H26N2O4/c1-16-7-8-20(13-17(16)2)28-15-21(25)23-9-11-24(12-10-23)22(26)18-5-4-6-19(14-18)27-3/h4-8,13-14H,9-12,15H2,1-3H3. The molecule has 0 N–H and O–H groups in total. The number of rotatable bonds is 5. The van der Waals surface area contributed by atoms with Crippen LogP contribution in [0.4, 0.5) is 0 Å². The van der Waals surface area contributed by atoms with Gasteiger partial charge in [0.15, 0.2) is 6.61 Å². The van der Waals surface area contributed by atoms with E-state index in [4.69, 9.17) is 9.47 Å². The number of piperazine rings is 1. The Morgan fingerprint density at radius 2 is 1.61 bits per heavy atom. The van der Waals surface area contributed by atoms with Crippen LogP contribution < -0.4 is 9.47 Å². The zero-order valence-corrected chi connectivity index (χ0v) is 16.6. The molecule has 1 aliphatic heterocycles. The van der Waals surface area contributed by atoms with Crippen molar-refractivity contribution in [1.29, 1.82) is 0 Å². The van der Waals surface area contributed by atoms with Gasteiger partial charge < -0.3 is 19.3 Å². The molecule has 0 aromatic heterocycles. The quantitative estimate of drug-likeness (QED) is 0.798. The maximum atomic E-state index is 12.7. The number of hydrogen-bond donors (Lipinski definition) is 0. The van der Waals surface area contributed by atoms with Gasteiger partial charge in [0.05, 0.1) is 7.11 Å². The van der Waals surface area contributed by atoms with Crippen LogP contribution in [0, 0.1) is 13.8 Å². The summed E-state index contributed by atoms with van der Waals surface area (Å²) < 4.78 is 10.8. The Balaban J connectivity index is 1.50. The summed E-state index contributed by atoms with van der Waals surface area (Å²) in [6.45, 7) is 6.08. The fourth-order valence-corrected chi connectivity index (χ4v) is 3.14. The SMILES string of the molecule is COc1cccc(C(=O)N2CCN(C(=O)COc3ccc(C)c(C)c3)CC2)c1. The number of benzene rings is 2. The number of ether oxygens (including phenoxy) is 2. The molecule has 1 saturated heterocycles. The molecule has 6 nitrogen and oxygen atoms in total. The molecule has 0 radical (unpaired) electrons. The Hall–Kier alpha value is -3.02.